The monoisotopic (exact) mass is 867 g/mol. The van der Waals surface area contributed by atoms with Crippen LogP contribution in [0.5, 0.6) is 0 Å². The fourth-order valence-corrected chi connectivity index (χ4v) is 6.71. The zero-order valence-electron chi connectivity index (χ0n) is 33.4. The maximum atomic E-state index is 12.2. The van der Waals surface area contributed by atoms with Crippen molar-refractivity contribution in [2.75, 3.05) is 0 Å². The van der Waals surface area contributed by atoms with Crippen molar-refractivity contribution in [2.45, 2.75) is 128 Å². The standard InChI is InChI=1S/C31H32NO.C15H28O2.Ir/c1-18(2)12-23-17-25-28-20(4)13-19(3)14-27(28)32-29(30(25)33-23)22-15-21-10-8-9-11-24(21)26(16-22)31(5,6)7;1-7-14(5,8-2)12(16)11-13(17)15(6,9-3)10-4;/h8-11,13-14,16-18H,12H2,1-7H3;11,16H,7-10H2,1-6H3;/q-1;;/b;12-11-;. The number of aliphatic hydroxyl groups is 1. The van der Waals surface area contributed by atoms with Gasteiger partial charge >= 0.3 is 0 Å². The van der Waals surface area contributed by atoms with E-state index in [9.17, 15) is 9.90 Å². The maximum absolute atomic E-state index is 12.2. The van der Waals surface area contributed by atoms with Crippen LogP contribution >= 0.6 is 0 Å². The first-order valence-corrected chi connectivity index (χ1v) is 18.7. The smallest absolute Gasteiger partial charge is 0.164 e. The van der Waals surface area contributed by atoms with Gasteiger partial charge in [-0.2, -0.15) is 0 Å². The first kappa shape index (κ1) is 42.1. The zero-order chi connectivity index (χ0) is 37.2. The van der Waals surface area contributed by atoms with Crippen LogP contribution in [-0.4, -0.2) is 15.9 Å². The number of fused-ring (bicyclic) bond motifs is 4. The van der Waals surface area contributed by atoms with Gasteiger partial charge in [0.1, 0.15) is 17.1 Å². The molecule has 0 spiro atoms. The second kappa shape index (κ2) is 16.6. The predicted octanol–water partition coefficient (Wildman–Crippen LogP) is 13.4. The van der Waals surface area contributed by atoms with Gasteiger partial charge in [-0.3, -0.25) is 9.78 Å². The van der Waals surface area contributed by atoms with Crippen LogP contribution in [0.4, 0.5) is 0 Å². The van der Waals surface area contributed by atoms with E-state index in [0.717, 1.165) is 71.0 Å². The minimum atomic E-state index is -0.337. The van der Waals surface area contributed by atoms with Gasteiger partial charge in [0.25, 0.3) is 0 Å². The van der Waals surface area contributed by atoms with Crippen LogP contribution in [0.3, 0.4) is 0 Å². The quantitative estimate of drug-likeness (QED) is 0.0863. The molecule has 5 rings (SSSR count). The molecule has 1 N–H and O–H groups in total. The van der Waals surface area contributed by atoms with E-state index < -0.39 is 0 Å². The predicted molar refractivity (Wildman–Crippen MR) is 213 cm³/mol. The van der Waals surface area contributed by atoms with Crippen molar-refractivity contribution in [3.63, 3.8) is 0 Å². The summed E-state index contributed by atoms with van der Waals surface area (Å²) in [7, 11) is 0. The topological polar surface area (TPSA) is 63.3 Å². The van der Waals surface area contributed by atoms with Crippen LogP contribution in [0.2, 0.25) is 0 Å². The number of carbonyl (C=O) groups is 1. The Morgan fingerprint density at radius 2 is 1.49 bits per heavy atom. The third kappa shape index (κ3) is 9.03. The number of rotatable bonds is 10. The average Bonchev–Trinajstić information content (AvgIpc) is 3.48. The van der Waals surface area contributed by atoms with Crippen molar-refractivity contribution < 1.29 is 34.4 Å². The number of hydrogen-bond acceptors (Lipinski definition) is 4. The van der Waals surface area contributed by atoms with Gasteiger partial charge in [0.2, 0.25) is 0 Å². The molecule has 4 nitrogen and oxygen atoms in total. The summed E-state index contributed by atoms with van der Waals surface area (Å²) < 4.78 is 6.51. The van der Waals surface area contributed by atoms with Crippen LogP contribution in [0.1, 0.15) is 124 Å². The molecule has 0 saturated heterocycles. The number of carbonyl (C=O) groups excluding carboxylic acids is 1. The summed E-state index contributed by atoms with van der Waals surface area (Å²) in [6.07, 6.45) is 5.67. The maximum Gasteiger partial charge on any atom is 0.164 e. The van der Waals surface area contributed by atoms with Crippen molar-refractivity contribution in [1.82, 2.24) is 4.98 Å². The summed E-state index contributed by atoms with van der Waals surface area (Å²) >= 11 is 0. The Balaban J connectivity index is 0.000000335. The Labute approximate surface area is 320 Å². The molecule has 0 amide bonds. The van der Waals surface area contributed by atoms with E-state index in [2.05, 4.69) is 103 Å². The molecule has 2 heterocycles. The molecule has 0 aliphatic carbocycles. The number of benzene rings is 3. The number of ketones is 1. The van der Waals surface area contributed by atoms with Crippen molar-refractivity contribution in [3.8, 4) is 11.3 Å². The van der Waals surface area contributed by atoms with Crippen molar-refractivity contribution >= 4 is 38.4 Å². The summed E-state index contributed by atoms with van der Waals surface area (Å²) in [5, 5.41) is 14.8. The van der Waals surface area contributed by atoms with Crippen LogP contribution in [-0.2, 0) is 36.7 Å². The molecule has 5 aromatic rings. The van der Waals surface area contributed by atoms with E-state index in [1.165, 1.54) is 33.5 Å². The van der Waals surface area contributed by atoms with Gasteiger partial charge in [0.05, 0.1) is 5.52 Å². The molecule has 0 aliphatic heterocycles. The van der Waals surface area contributed by atoms with Gasteiger partial charge in [0, 0.05) is 59.9 Å². The number of aromatic nitrogens is 1. The van der Waals surface area contributed by atoms with E-state index in [0.29, 0.717) is 5.92 Å². The number of allylic oxidation sites excluding steroid dienone is 2. The molecule has 51 heavy (non-hydrogen) atoms. The summed E-state index contributed by atoms with van der Waals surface area (Å²) in [5.41, 5.74) is 6.93. The largest absolute Gasteiger partial charge is 0.512 e. The molecule has 0 bridgehead atoms. The molecule has 0 saturated carbocycles. The molecular weight excluding hydrogens is 807 g/mol. The fraction of sp³-hybridized carbons (Fsp3) is 0.478. The molecule has 0 aliphatic rings. The van der Waals surface area contributed by atoms with E-state index in [1.54, 1.807) is 0 Å². The third-order valence-electron chi connectivity index (χ3n) is 11.0. The SMILES string of the molecule is CCC(C)(CC)C(=O)/C=C(\O)C(C)(CC)CC.Cc1cc(C)c2c(c1)nc(-c1[c-]c3ccccc3c(C(C)(C)C)c1)c1oc(CC(C)C)cc12.[Ir]. The summed E-state index contributed by atoms with van der Waals surface area (Å²) in [4.78, 5) is 17.4. The van der Waals surface area contributed by atoms with Crippen LogP contribution in [0.25, 0.3) is 43.9 Å². The molecule has 0 atom stereocenters. The molecule has 0 fully saturated rings. The Morgan fingerprint density at radius 1 is 0.882 bits per heavy atom. The van der Waals surface area contributed by atoms with E-state index >= 15 is 0 Å². The number of aliphatic hydroxyl groups excluding tert-OH is 1. The first-order valence-electron chi connectivity index (χ1n) is 18.7. The van der Waals surface area contributed by atoms with Crippen molar-refractivity contribution in [3.05, 3.63) is 88.9 Å². The number of aryl methyl sites for hydroxylation is 2. The second-order valence-corrected chi connectivity index (χ2v) is 16.3. The van der Waals surface area contributed by atoms with Gasteiger partial charge in [-0.1, -0.05) is 111 Å². The number of furan rings is 1. The van der Waals surface area contributed by atoms with Gasteiger partial charge in [-0.25, -0.2) is 0 Å². The molecule has 277 valence electrons. The molecule has 0 unspecified atom stereocenters. The molecule has 1 radical (unpaired) electrons. The van der Waals surface area contributed by atoms with Gasteiger partial charge in [-0.05, 0) is 74.1 Å². The van der Waals surface area contributed by atoms with E-state index in [1.807, 2.05) is 41.5 Å². The zero-order valence-corrected chi connectivity index (χ0v) is 35.7. The number of hydrogen-bond donors (Lipinski definition) is 1. The molecule has 5 heteroatoms. The third-order valence-corrected chi connectivity index (χ3v) is 11.0. The minimum Gasteiger partial charge on any atom is -0.512 e. The van der Waals surface area contributed by atoms with Gasteiger partial charge in [0.15, 0.2) is 5.78 Å². The first-order chi connectivity index (χ1) is 23.4. The Kier molecular flexibility index (Phi) is 13.7. The Bertz CT molecular complexity index is 2020. The molecular formula is C46H60IrNO3-. The molecule has 3 aromatic carbocycles. The van der Waals surface area contributed by atoms with E-state index in [4.69, 9.17) is 9.40 Å². The normalized spacial score (nSPS) is 12.7. The Hall–Kier alpha value is -3.27. The second-order valence-electron chi connectivity index (χ2n) is 16.3. The fourth-order valence-electron chi connectivity index (χ4n) is 6.71. The van der Waals surface area contributed by atoms with Crippen LogP contribution in [0, 0.1) is 36.7 Å². The van der Waals surface area contributed by atoms with E-state index in [-0.39, 0.29) is 47.9 Å². The van der Waals surface area contributed by atoms with Crippen LogP contribution < -0.4 is 0 Å². The minimum absolute atomic E-state index is 0. The van der Waals surface area contributed by atoms with Gasteiger partial charge in [-0.15, -0.1) is 29.1 Å². The average molecular weight is 867 g/mol. The number of pyridine rings is 1. The van der Waals surface area contributed by atoms with Crippen LogP contribution in [0.15, 0.2) is 64.8 Å². The summed E-state index contributed by atoms with van der Waals surface area (Å²) in [6.45, 7) is 27.6. The Morgan fingerprint density at radius 3 is 2.06 bits per heavy atom. The van der Waals surface area contributed by atoms with Crippen molar-refractivity contribution in [1.29, 1.82) is 0 Å². The van der Waals surface area contributed by atoms with Crippen molar-refractivity contribution in [2.24, 2.45) is 16.7 Å². The number of nitrogens with zero attached hydrogens (tertiary/aromatic N) is 1. The molecule has 2 aromatic heterocycles. The summed E-state index contributed by atoms with van der Waals surface area (Å²) in [6, 6.07) is 21.1. The van der Waals surface area contributed by atoms with Gasteiger partial charge < -0.3 is 9.52 Å². The summed E-state index contributed by atoms with van der Waals surface area (Å²) in [5.74, 6) is 1.83.